The van der Waals surface area contributed by atoms with E-state index in [4.69, 9.17) is 0 Å². The van der Waals surface area contributed by atoms with E-state index in [1.807, 2.05) is 20.8 Å². The Morgan fingerprint density at radius 2 is 1.88 bits per heavy atom. The van der Waals surface area contributed by atoms with Crippen molar-refractivity contribution in [2.75, 3.05) is 0 Å². The first-order valence-electron chi connectivity index (χ1n) is 2.56. The minimum atomic E-state index is -0.0127. The number of nitrogens with zero attached hydrogens (tertiary/aromatic N) is 2. The van der Waals surface area contributed by atoms with Crippen LogP contribution in [0, 0.1) is 0 Å². The summed E-state index contributed by atoms with van der Waals surface area (Å²) in [6, 6.07) is 0. The molecule has 0 aromatic heterocycles. The van der Waals surface area contributed by atoms with Crippen LogP contribution in [0.2, 0.25) is 0 Å². The summed E-state index contributed by atoms with van der Waals surface area (Å²) >= 11 is 0. The molecule has 0 aliphatic rings. The molecule has 0 heterocycles. The van der Waals surface area contributed by atoms with Gasteiger partial charge in [0.15, 0.2) is 0 Å². The van der Waals surface area contributed by atoms with Crippen LogP contribution in [0.4, 0.5) is 0 Å². The molecule has 0 unspecified atom stereocenters. The molecule has 0 radical (unpaired) electrons. The second kappa shape index (κ2) is 2.60. The Labute approximate surface area is 50.4 Å². The lowest BCUT2D eigenvalue weighted by molar-refractivity contribution is 0.586. The fraction of sp³-hybridized carbons (Fsp3) is 0.667. The van der Waals surface area contributed by atoms with E-state index in [1.54, 1.807) is 0 Å². The Bertz CT molecular complexity index is 97.6. The van der Waals surface area contributed by atoms with Crippen LogP contribution in [0.25, 0.3) is 0 Å². The Kier molecular flexibility index (Phi) is 2.38. The van der Waals surface area contributed by atoms with Gasteiger partial charge in [-0.05, 0) is 27.5 Å². The molecule has 0 aromatic carbocycles. The summed E-state index contributed by atoms with van der Waals surface area (Å²) in [5, 5.41) is 0. The van der Waals surface area contributed by atoms with Gasteiger partial charge >= 0.3 is 0 Å². The molecule has 0 spiro atoms. The average molecular weight is 112 g/mol. The lowest BCUT2D eigenvalue weighted by Gasteiger charge is -2.08. The van der Waals surface area contributed by atoms with E-state index >= 15 is 0 Å². The average Bonchev–Trinajstić information content (AvgIpc) is 1.59. The van der Waals surface area contributed by atoms with E-state index in [0.717, 1.165) is 0 Å². The normalized spacial score (nSPS) is 12.4. The highest BCUT2D eigenvalue weighted by atomic mass is 14.9. The zero-order valence-electron chi connectivity index (χ0n) is 5.68. The summed E-state index contributed by atoms with van der Waals surface area (Å²) in [4.78, 5) is 7.50. The summed E-state index contributed by atoms with van der Waals surface area (Å²) in [5.41, 5.74) is -0.0127. The van der Waals surface area contributed by atoms with Crippen LogP contribution in [0.3, 0.4) is 0 Å². The lowest BCUT2D eigenvalue weighted by Crippen LogP contribution is -2.08. The van der Waals surface area contributed by atoms with E-state index < -0.39 is 0 Å². The third-order valence-electron chi connectivity index (χ3n) is 0.527. The van der Waals surface area contributed by atoms with E-state index in [-0.39, 0.29) is 5.54 Å². The zero-order valence-corrected chi connectivity index (χ0v) is 5.68. The highest BCUT2D eigenvalue weighted by Gasteiger charge is 2.03. The highest BCUT2D eigenvalue weighted by molar-refractivity contribution is 5.62. The first-order chi connectivity index (χ1) is 3.56. The SMILES string of the molecule is C=N/C=N/C(C)(C)C. The first-order valence-corrected chi connectivity index (χ1v) is 2.56. The van der Waals surface area contributed by atoms with Crippen molar-refractivity contribution in [3.63, 3.8) is 0 Å². The van der Waals surface area contributed by atoms with Crippen molar-refractivity contribution in [1.29, 1.82) is 0 Å². The van der Waals surface area contributed by atoms with Gasteiger partial charge in [0.05, 0.1) is 5.54 Å². The monoisotopic (exact) mass is 112 g/mol. The van der Waals surface area contributed by atoms with Gasteiger partial charge in [0.1, 0.15) is 6.34 Å². The maximum absolute atomic E-state index is 4.02. The maximum Gasteiger partial charge on any atom is 0.109 e. The molecule has 0 aliphatic carbocycles. The molecule has 0 aliphatic heterocycles. The largest absolute Gasteiger partial charge is 0.268 e. The molecule has 46 valence electrons. The smallest absolute Gasteiger partial charge is 0.109 e. The fourth-order valence-electron chi connectivity index (χ4n) is 0.214. The number of aliphatic imine (C=N–C) groups is 2. The molecule has 0 atom stereocenters. The van der Waals surface area contributed by atoms with Crippen LogP contribution in [0.5, 0.6) is 0 Å². The van der Waals surface area contributed by atoms with Gasteiger partial charge in [-0.3, -0.25) is 9.98 Å². The summed E-state index contributed by atoms with van der Waals surface area (Å²) in [7, 11) is 0. The van der Waals surface area contributed by atoms with Gasteiger partial charge in [-0.1, -0.05) is 0 Å². The second-order valence-corrected chi connectivity index (χ2v) is 2.60. The molecule has 0 saturated carbocycles. The molecular weight excluding hydrogens is 100 g/mol. The molecule has 8 heavy (non-hydrogen) atoms. The van der Waals surface area contributed by atoms with Crippen LogP contribution < -0.4 is 0 Å². The van der Waals surface area contributed by atoms with Gasteiger partial charge in [0.25, 0.3) is 0 Å². The Morgan fingerprint density at radius 1 is 1.38 bits per heavy atom. The minimum Gasteiger partial charge on any atom is -0.268 e. The highest BCUT2D eigenvalue weighted by Crippen LogP contribution is 2.03. The van der Waals surface area contributed by atoms with Gasteiger partial charge < -0.3 is 0 Å². The van der Waals surface area contributed by atoms with Crippen LogP contribution >= 0.6 is 0 Å². The molecule has 0 aromatic rings. The van der Waals surface area contributed by atoms with Crippen LogP contribution in [0.1, 0.15) is 20.8 Å². The van der Waals surface area contributed by atoms with Gasteiger partial charge in [-0.15, -0.1) is 0 Å². The first kappa shape index (κ1) is 7.34. The number of rotatable bonds is 1. The van der Waals surface area contributed by atoms with E-state index in [1.165, 1.54) is 6.34 Å². The predicted molar refractivity (Wildman–Crippen MR) is 37.8 cm³/mol. The van der Waals surface area contributed by atoms with Gasteiger partial charge in [0, 0.05) is 0 Å². The van der Waals surface area contributed by atoms with Crippen molar-refractivity contribution in [2.45, 2.75) is 26.3 Å². The van der Waals surface area contributed by atoms with Crippen molar-refractivity contribution in [3.8, 4) is 0 Å². The van der Waals surface area contributed by atoms with Gasteiger partial charge in [-0.2, -0.15) is 0 Å². The molecule has 2 nitrogen and oxygen atoms in total. The Hall–Kier alpha value is -0.660. The molecule has 0 bridgehead atoms. The van der Waals surface area contributed by atoms with Crippen molar-refractivity contribution in [2.24, 2.45) is 9.98 Å². The summed E-state index contributed by atoms with van der Waals surface area (Å²) in [5.74, 6) is 0. The standard InChI is InChI=1S/C6H12N2/c1-6(2,3)8-5-7-4/h5H,4H2,1-3H3/b8-5+. The van der Waals surface area contributed by atoms with E-state index in [0.29, 0.717) is 0 Å². The summed E-state index contributed by atoms with van der Waals surface area (Å²) in [6.07, 6.45) is 1.47. The summed E-state index contributed by atoms with van der Waals surface area (Å²) in [6.45, 7) is 9.29. The minimum absolute atomic E-state index is 0.0127. The van der Waals surface area contributed by atoms with Crippen LogP contribution in [-0.2, 0) is 0 Å². The summed E-state index contributed by atoms with van der Waals surface area (Å²) < 4.78 is 0. The third-order valence-corrected chi connectivity index (χ3v) is 0.527. The van der Waals surface area contributed by atoms with Crippen molar-refractivity contribution >= 4 is 13.1 Å². The Balaban J connectivity index is 3.69. The lowest BCUT2D eigenvalue weighted by atomic mass is 10.1. The molecule has 0 fully saturated rings. The van der Waals surface area contributed by atoms with Crippen LogP contribution in [-0.4, -0.2) is 18.6 Å². The third kappa shape index (κ3) is 5.34. The fourth-order valence-corrected chi connectivity index (χ4v) is 0.214. The van der Waals surface area contributed by atoms with Crippen LogP contribution in [0.15, 0.2) is 9.98 Å². The zero-order chi connectivity index (χ0) is 6.62. The molecule has 0 amide bonds. The predicted octanol–water partition coefficient (Wildman–Crippen LogP) is 1.51. The van der Waals surface area contributed by atoms with Crippen molar-refractivity contribution < 1.29 is 0 Å². The molecule has 2 heteroatoms. The van der Waals surface area contributed by atoms with Crippen molar-refractivity contribution in [3.05, 3.63) is 0 Å². The van der Waals surface area contributed by atoms with Gasteiger partial charge in [-0.25, -0.2) is 0 Å². The Morgan fingerprint density at radius 3 is 2.00 bits per heavy atom. The van der Waals surface area contributed by atoms with E-state index in [2.05, 4.69) is 16.7 Å². The second-order valence-electron chi connectivity index (χ2n) is 2.60. The number of hydrogen-bond acceptors (Lipinski definition) is 1. The molecule has 0 rings (SSSR count). The maximum atomic E-state index is 4.02. The molecule has 0 N–H and O–H groups in total. The van der Waals surface area contributed by atoms with Gasteiger partial charge in [0.2, 0.25) is 0 Å². The quantitative estimate of drug-likeness (QED) is 0.363. The number of hydrogen-bond donors (Lipinski definition) is 0. The van der Waals surface area contributed by atoms with E-state index in [9.17, 15) is 0 Å². The molecule has 0 saturated heterocycles. The topological polar surface area (TPSA) is 24.7 Å². The molecular formula is C6H12N2. The van der Waals surface area contributed by atoms with Crippen molar-refractivity contribution in [1.82, 2.24) is 0 Å².